The average Bonchev–Trinajstić information content (AvgIpc) is 2.36. The third-order valence-electron chi connectivity index (χ3n) is 3.19. The van der Waals surface area contributed by atoms with Gasteiger partial charge in [0, 0.05) is 18.3 Å². The third kappa shape index (κ3) is 5.24. The van der Waals surface area contributed by atoms with Crippen LogP contribution in [0.4, 0.5) is 5.69 Å². The summed E-state index contributed by atoms with van der Waals surface area (Å²) >= 11 is 0. The summed E-state index contributed by atoms with van der Waals surface area (Å²) in [5, 5.41) is 6.42. The maximum atomic E-state index is 12.4. The van der Waals surface area contributed by atoms with Gasteiger partial charge in [-0.1, -0.05) is 32.4 Å². The normalized spacial score (nSPS) is 12.3. The van der Waals surface area contributed by atoms with E-state index in [0.29, 0.717) is 5.92 Å². The molecule has 0 bridgehead atoms. The summed E-state index contributed by atoms with van der Waals surface area (Å²) in [5.41, 5.74) is 2.77. The number of anilines is 1. The van der Waals surface area contributed by atoms with E-state index in [1.54, 1.807) is 0 Å². The largest absolute Gasteiger partial charge is 0.384 e. The molecule has 3 nitrogen and oxygen atoms in total. The molecule has 2 N–H and O–H groups in total. The summed E-state index contributed by atoms with van der Waals surface area (Å²) in [6.07, 6.45) is 2.04. The second-order valence-corrected chi connectivity index (χ2v) is 5.98. The zero-order valence-electron chi connectivity index (χ0n) is 13.4. The molecule has 0 aliphatic carbocycles. The lowest BCUT2D eigenvalue weighted by atomic mass is 10.0. The molecule has 0 saturated carbocycles. The molecule has 1 unspecified atom stereocenters. The molecule has 0 fully saturated rings. The number of rotatable bonds is 7. The summed E-state index contributed by atoms with van der Waals surface area (Å²) in [5.74, 6) is 0.598. The van der Waals surface area contributed by atoms with Crippen molar-refractivity contribution in [2.24, 2.45) is 5.92 Å². The second-order valence-electron chi connectivity index (χ2n) is 5.98. The van der Waals surface area contributed by atoms with Crippen molar-refractivity contribution < 1.29 is 4.79 Å². The van der Waals surface area contributed by atoms with E-state index < -0.39 is 0 Å². The molecule has 0 aromatic heterocycles. The molecule has 3 heteroatoms. The number of hydrogen-bond donors (Lipinski definition) is 2. The molecule has 0 saturated heterocycles. The van der Waals surface area contributed by atoms with E-state index >= 15 is 0 Å². The Morgan fingerprint density at radius 2 is 1.95 bits per heavy atom. The number of carbonyl (C=O) groups is 1. The first-order chi connectivity index (χ1) is 9.43. The Bertz CT molecular complexity index is 441. The molecule has 0 spiro atoms. The lowest BCUT2D eigenvalue weighted by Crippen LogP contribution is -2.34. The van der Waals surface area contributed by atoms with E-state index in [1.807, 2.05) is 25.1 Å². The zero-order chi connectivity index (χ0) is 15.1. The van der Waals surface area contributed by atoms with E-state index in [0.717, 1.165) is 36.2 Å². The Morgan fingerprint density at radius 1 is 1.25 bits per heavy atom. The molecule has 1 aromatic rings. The molecule has 112 valence electrons. The van der Waals surface area contributed by atoms with Gasteiger partial charge < -0.3 is 10.6 Å². The molecular weight excluding hydrogens is 248 g/mol. The van der Waals surface area contributed by atoms with E-state index in [-0.39, 0.29) is 11.9 Å². The van der Waals surface area contributed by atoms with Crippen LogP contribution < -0.4 is 10.6 Å². The summed E-state index contributed by atoms with van der Waals surface area (Å²) in [6, 6.07) is 6.18. The predicted molar refractivity (Wildman–Crippen MR) is 86.3 cm³/mol. The van der Waals surface area contributed by atoms with Crippen LogP contribution in [0.2, 0.25) is 0 Å². The predicted octanol–water partition coefficient (Wildman–Crippen LogP) is 3.98. The fourth-order valence-electron chi connectivity index (χ4n) is 2.33. The smallest absolute Gasteiger partial charge is 0.253 e. The van der Waals surface area contributed by atoms with Gasteiger partial charge in [0.2, 0.25) is 0 Å². The first kappa shape index (κ1) is 16.5. The van der Waals surface area contributed by atoms with Crippen LogP contribution in [0.15, 0.2) is 18.2 Å². The standard InChI is InChI=1S/C17H28N2O/c1-6-9-18-16-8-7-13(4)11-15(16)17(20)19-14(5)10-12(2)3/h7-8,11-12,14,18H,6,9-10H2,1-5H3,(H,19,20). The topological polar surface area (TPSA) is 41.1 Å². The molecule has 0 aliphatic heterocycles. The number of amides is 1. The van der Waals surface area contributed by atoms with E-state index in [4.69, 9.17) is 0 Å². The van der Waals surface area contributed by atoms with Crippen LogP contribution in [0.1, 0.15) is 56.5 Å². The third-order valence-corrected chi connectivity index (χ3v) is 3.19. The zero-order valence-corrected chi connectivity index (χ0v) is 13.4. The first-order valence-corrected chi connectivity index (χ1v) is 7.59. The van der Waals surface area contributed by atoms with E-state index in [2.05, 4.69) is 38.3 Å². The highest BCUT2D eigenvalue weighted by molar-refractivity contribution is 6.00. The Labute approximate surface area is 123 Å². The molecule has 1 aromatic carbocycles. The number of nitrogens with one attached hydrogen (secondary N) is 2. The van der Waals surface area contributed by atoms with Gasteiger partial charge in [0.1, 0.15) is 0 Å². The van der Waals surface area contributed by atoms with Gasteiger partial charge in [-0.15, -0.1) is 0 Å². The maximum absolute atomic E-state index is 12.4. The summed E-state index contributed by atoms with van der Waals surface area (Å²) in [7, 11) is 0. The number of hydrogen-bond acceptors (Lipinski definition) is 2. The highest BCUT2D eigenvalue weighted by Crippen LogP contribution is 2.18. The lowest BCUT2D eigenvalue weighted by Gasteiger charge is -2.18. The minimum absolute atomic E-state index is 0.0143. The molecule has 1 rings (SSSR count). The quantitative estimate of drug-likeness (QED) is 0.791. The molecule has 1 atom stereocenters. The number of aryl methyl sites for hydroxylation is 1. The van der Waals surface area contributed by atoms with Crippen molar-refractivity contribution in [1.82, 2.24) is 5.32 Å². The molecule has 0 heterocycles. The van der Waals surface area contributed by atoms with Crippen LogP contribution in [0.25, 0.3) is 0 Å². The van der Waals surface area contributed by atoms with Crippen LogP contribution in [-0.2, 0) is 0 Å². The van der Waals surface area contributed by atoms with Crippen LogP contribution >= 0.6 is 0 Å². The van der Waals surface area contributed by atoms with Gasteiger partial charge in [0.25, 0.3) is 5.91 Å². The maximum Gasteiger partial charge on any atom is 0.253 e. The Morgan fingerprint density at radius 3 is 2.55 bits per heavy atom. The van der Waals surface area contributed by atoms with Crippen LogP contribution in [-0.4, -0.2) is 18.5 Å². The van der Waals surface area contributed by atoms with Gasteiger partial charge in [0.15, 0.2) is 0 Å². The summed E-state index contributed by atoms with van der Waals surface area (Å²) in [6.45, 7) is 11.4. The highest BCUT2D eigenvalue weighted by atomic mass is 16.1. The van der Waals surface area contributed by atoms with Crippen molar-refractivity contribution in [3.8, 4) is 0 Å². The van der Waals surface area contributed by atoms with Gasteiger partial charge in [-0.05, 0) is 44.7 Å². The van der Waals surface area contributed by atoms with Crippen LogP contribution in [0, 0.1) is 12.8 Å². The van der Waals surface area contributed by atoms with Gasteiger partial charge in [-0.3, -0.25) is 4.79 Å². The molecule has 0 radical (unpaired) electrons. The van der Waals surface area contributed by atoms with Crippen molar-refractivity contribution >= 4 is 11.6 Å². The van der Waals surface area contributed by atoms with Gasteiger partial charge in [-0.2, -0.15) is 0 Å². The Balaban J connectivity index is 2.82. The van der Waals surface area contributed by atoms with E-state index in [1.165, 1.54) is 0 Å². The Kier molecular flexibility index (Phi) is 6.56. The molecular formula is C17H28N2O. The molecule has 20 heavy (non-hydrogen) atoms. The minimum Gasteiger partial charge on any atom is -0.384 e. The van der Waals surface area contributed by atoms with Gasteiger partial charge in [0.05, 0.1) is 5.56 Å². The van der Waals surface area contributed by atoms with Crippen molar-refractivity contribution in [3.05, 3.63) is 29.3 Å². The number of carbonyl (C=O) groups excluding carboxylic acids is 1. The van der Waals surface area contributed by atoms with Gasteiger partial charge >= 0.3 is 0 Å². The summed E-state index contributed by atoms with van der Waals surface area (Å²) in [4.78, 5) is 12.4. The Hall–Kier alpha value is -1.51. The van der Waals surface area contributed by atoms with Crippen molar-refractivity contribution in [3.63, 3.8) is 0 Å². The van der Waals surface area contributed by atoms with Crippen molar-refractivity contribution in [2.75, 3.05) is 11.9 Å². The highest BCUT2D eigenvalue weighted by Gasteiger charge is 2.14. The monoisotopic (exact) mass is 276 g/mol. The van der Waals surface area contributed by atoms with E-state index in [9.17, 15) is 4.79 Å². The SMILES string of the molecule is CCCNc1ccc(C)cc1C(=O)NC(C)CC(C)C. The van der Waals surface area contributed by atoms with Crippen LogP contribution in [0.5, 0.6) is 0 Å². The second kappa shape index (κ2) is 7.93. The first-order valence-electron chi connectivity index (χ1n) is 7.59. The minimum atomic E-state index is 0.0143. The van der Waals surface area contributed by atoms with Gasteiger partial charge in [-0.25, -0.2) is 0 Å². The summed E-state index contributed by atoms with van der Waals surface area (Å²) < 4.78 is 0. The lowest BCUT2D eigenvalue weighted by molar-refractivity contribution is 0.0937. The van der Waals surface area contributed by atoms with Crippen molar-refractivity contribution in [1.29, 1.82) is 0 Å². The molecule has 0 aliphatic rings. The average molecular weight is 276 g/mol. The van der Waals surface area contributed by atoms with Crippen LogP contribution in [0.3, 0.4) is 0 Å². The molecule has 1 amide bonds. The number of benzene rings is 1. The fraction of sp³-hybridized carbons (Fsp3) is 0.588. The fourth-order valence-corrected chi connectivity index (χ4v) is 2.33. The van der Waals surface area contributed by atoms with Crippen molar-refractivity contribution in [2.45, 2.75) is 53.5 Å².